The quantitative estimate of drug-likeness (QED) is 0.170. The fourth-order valence-corrected chi connectivity index (χ4v) is 13.6. The summed E-state index contributed by atoms with van der Waals surface area (Å²) in [5, 5.41) is 0. The molecule has 0 radical (unpaired) electrons. The fourth-order valence-electron chi connectivity index (χ4n) is 13.6. The van der Waals surface area contributed by atoms with Gasteiger partial charge < -0.3 is 0 Å². The third-order valence-electron chi connectivity index (χ3n) is 16.5. The van der Waals surface area contributed by atoms with Gasteiger partial charge in [-0.05, 0) is 149 Å². The molecule has 1 nitrogen and oxygen atoms in total. The highest BCUT2D eigenvalue weighted by atomic mass is 15.1. The molecule has 0 fully saturated rings. The van der Waals surface area contributed by atoms with Crippen molar-refractivity contribution in [2.75, 3.05) is 13.1 Å². The Kier molecular flexibility index (Phi) is 41.7. The molecule has 15 rings (SSSR count). The van der Waals surface area contributed by atoms with Crippen LogP contribution >= 0.6 is 0 Å². The maximum absolute atomic E-state index is 2.48. The molecule has 506 valence electrons. The van der Waals surface area contributed by atoms with E-state index in [0.29, 0.717) is 0 Å². The summed E-state index contributed by atoms with van der Waals surface area (Å²) in [7, 11) is 0. The van der Waals surface area contributed by atoms with Crippen LogP contribution < -0.4 is 0 Å². The minimum Gasteiger partial charge on any atom is -0.300 e. The monoisotopic (exact) mass is 1260 g/mol. The highest BCUT2D eigenvalue weighted by Gasteiger charge is 2.51. The summed E-state index contributed by atoms with van der Waals surface area (Å²) in [4.78, 5) is 2.48. The molecule has 5 aliphatic rings. The summed E-state index contributed by atoms with van der Waals surface area (Å²) in [5.41, 5.74) is 29.7. The van der Waals surface area contributed by atoms with Crippen LogP contribution in [0.25, 0.3) is 33.4 Å². The average Bonchev–Trinajstić information content (AvgIpc) is 1.49. The molecule has 0 unspecified atom stereocenters. The molecule has 0 saturated heterocycles. The first kappa shape index (κ1) is 86.2. The van der Waals surface area contributed by atoms with Crippen molar-refractivity contribution in [2.45, 2.75) is 211 Å². The Balaban J connectivity index is 0.00000121. The van der Waals surface area contributed by atoms with E-state index >= 15 is 0 Å². The van der Waals surface area contributed by atoms with E-state index in [1.165, 1.54) is 117 Å². The van der Waals surface area contributed by atoms with Crippen LogP contribution in [0.15, 0.2) is 237 Å². The molecular formula is C93H129N. The third kappa shape index (κ3) is 17.0. The maximum atomic E-state index is 2.48. The largest absolute Gasteiger partial charge is 0.300 e. The molecule has 94 heavy (non-hydrogen) atoms. The smallest absolute Gasteiger partial charge is 0.0719 e. The molecule has 0 saturated carbocycles. The highest BCUT2D eigenvalue weighted by molar-refractivity contribution is 5.89. The average molecular weight is 1260 g/mol. The van der Waals surface area contributed by atoms with Crippen molar-refractivity contribution in [1.29, 1.82) is 0 Å². The zero-order valence-corrected chi connectivity index (χ0v) is 60.7. The topological polar surface area (TPSA) is 3.24 Å². The van der Waals surface area contributed by atoms with E-state index in [-0.39, 0.29) is 33.1 Å². The normalized spacial score (nSPS) is 11.5. The summed E-state index contributed by atoms with van der Waals surface area (Å²) in [5.74, 6) is 0. The van der Waals surface area contributed by atoms with Crippen LogP contribution in [-0.2, 0) is 36.6 Å². The van der Waals surface area contributed by atoms with Gasteiger partial charge in [0.2, 0.25) is 0 Å². The molecule has 1 heteroatoms. The van der Waals surface area contributed by atoms with Gasteiger partial charge in [0.15, 0.2) is 0 Å². The van der Waals surface area contributed by atoms with Crippen molar-refractivity contribution in [3.8, 4) is 33.4 Å². The molecular weight excluding hydrogens is 1130 g/mol. The lowest BCUT2D eigenvalue weighted by molar-refractivity contribution is 0.296. The standard InChI is InChI=1S/2C26H18.C18H21N.10C2H6.3CH4/c2*1-5-13-22-18(9-1)17-19-10-2-6-14-23(19)26(22)24-15-7-3-11-20(24)21-12-4-8-16-25(21)26;1-3-19(4-2)13-16-10-7-9-15-12-14-8-5-6-11-17(14)18(15)16;10*1-2;;;/h2*1-16H,17H2;5-11H,3-4,12-13H2,1-2H3;10*1-2H3;3*1H4. The number of rotatable bonds is 4. The molecule has 0 atom stereocenters. The van der Waals surface area contributed by atoms with Gasteiger partial charge in [-0.3, -0.25) is 4.90 Å². The molecule has 0 heterocycles. The van der Waals surface area contributed by atoms with Gasteiger partial charge in [-0.2, -0.15) is 0 Å². The van der Waals surface area contributed by atoms with Crippen LogP contribution in [0.1, 0.15) is 258 Å². The minimum atomic E-state index is -0.196. The van der Waals surface area contributed by atoms with Crippen LogP contribution in [-0.4, -0.2) is 18.0 Å². The molecule has 0 amide bonds. The van der Waals surface area contributed by atoms with E-state index < -0.39 is 0 Å². The number of hydrogen-bond donors (Lipinski definition) is 0. The number of fused-ring (bicyclic) bond motifs is 21. The summed E-state index contributed by atoms with van der Waals surface area (Å²) in [6.07, 6.45) is 3.12. The van der Waals surface area contributed by atoms with Gasteiger partial charge in [-0.1, -0.05) is 411 Å². The van der Waals surface area contributed by atoms with Gasteiger partial charge in [-0.25, -0.2) is 0 Å². The highest BCUT2D eigenvalue weighted by Crippen LogP contribution is 2.60. The molecule has 0 aliphatic heterocycles. The second-order valence-corrected chi connectivity index (χ2v) is 19.9. The van der Waals surface area contributed by atoms with Gasteiger partial charge in [0, 0.05) is 6.54 Å². The molecule has 0 N–H and O–H groups in total. The summed E-state index contributed by atoms with van der Waals surface area (Å²) >= 11 is 0. The summed E-state index contributed by atoms with van der Waals surface area (Å²) < 4.78 is 0. The van der Waals surface area contributed by atoms with E-state index in [9.17, 15) is 0 Å². The fraction of sp³-hybridized carbons (Fsp3) is 0.355. The molecule has 0 bridgehead atoms. The zero-order valence-electron chi connectivity index (χ0n) is 60.7. The van der Waals surface area contributed by atoms with E-state index in [0.717, 1.165) is 38.9 Å². The molecule has 10 aromatic carbocycles. The van der Waals surface area contributed by atoms with Crippen molar-refractivity contribution in [3.63, 3.8) is 0 Å². The van der Waals surface area contributed by atoms with E-state index in [4.69, 9.17) is 0 Å². The lowest BCUT2D eigenvalue weighted by Gasteiger charge is -2.40. The zero-order chi connectivity index (χ0) is 67.5. The van der Waals surface area contributed by atoms with Crippen LogP contribution in [0, 0.1) is 0 Å². The maximum Gasteiger partial charge on any atom is 0.0719 e. The molecule has 0 aromatic heterocycles. The molecule has 10 aromatic rings. The van der Waals surface area contributed by atoms with E-state index in [1.54, 1.807) is 0 Å². The number of nitrogens with zero attached hydrogens (tertiary/aromatic N) is 1. The lowest BCUT2D eigenvalue weighted by Crippen LogP contribution is -2.34. The van der Waals surface area contributed by atoms with Crippen molar-refractivity contribution < 1.29 is 0 Å². The van der Waals surface area contributed by atoms with Crippen LogP contribution in [0.2, 0.25) is 0 Å². The molecule has 5 aliphatic carbocycles. The van der Waals surface area contributed by atoms with Gasteiger partial charge in [-0.15, -0.1) is 0 Å². The minimum absolute atomic E-state index is 0. The van der Waals surface area contributed by atoms with Crippen molar-refractivity contribution in [1.82, 2.24) is 4.90 Å². The number of hydrogen-bond acceptors (Lipinski definition) is 1. The number of benzene rings is 10. The van der Waals surface area contributed by atoms with Gasteiger partial charge in [0.05, 0.1) is 10.8 Å². The first-order valence-electron chi connectivity index (χ1n) is 35.8. The second-order valence-electron chi connectivity index (χ2n) is 19.9. The van der Waals surface area contributed by atoms with Crippen molar-refractivity contribution >= 4 is 0 Å². The van der Waals surface area contributed by atoms with Gasteiger partial charge >= 0.3 is 0 Å². The van der Waals surface area contributed by atoms with Crippen molar-refractivity contribution in [2.24, 2.45) is 0 Å². The Morgan fingerprint density at radius 1 is 0.234 bits per heavy atom. The van der Waals surface area contributed by atoms with E-state index in [2.05, 4.69) is 255 Å². The van der Waals surface area contributed by atoms with Gasteiger partial charge in [0.25, 0.3) is 0 Å². The van der Waals surface area contributed by atoms with Crippen LogP contribution in [0.4, 0.5) is 0 Å². The third-order valence-corrected chi connectivity index (χ3v) is 16.5. The summed E-state index contributed by atoms with van der Waals surface area (Å²) in [6, 6.07) is 87.5. The predicted molar refractivity (Wildman–Crippen MR) is 428 cm³/mol. The van der Waals surface area contributed by atoms with Gasteiger partial charge in [0.1, 0.15) is 0 Å². The van der Waals surface area contributed by atoms with Crippen LogP contribution in [0.5, 0.6) is 0 Å². The van der Waals surface area contributed by atoms with Crippen molar-refractivity contribution in [3.05, 3.63) is 320 Å². The predicted octanol–water partition coefficient (Wildman–Crippen LogP) is 28.2. The second kappa shape index (κ2) is 45.5. The Hall–Kier alpha value is -7.84. The Bertz CT molecular complexity index is 3290. The Morgan fingerprint density at radius 3 is 0.723 bits per heavy atom. The molecule has 2 spiro atoms. The lowest BCUT2D eigenvalue weighted by atomic mass is 9.61. The van der Waals surface area contributed by atoms with Crippen LogP contribution in [0.3, 0.4) is 0 Å². The Labute approximate surface area is 579 Å². The van der Waals surface area contributed by atoms with E-state index in [1.807, 2.05) is 138 Å². The summed E-state index contributed by atoms with van der Waals surface area (Å²) in [6.45, 7) is 47.8. The first-order valence-corrected chi connectivity index (χ1v) is 35.8. The SMILES string of the molecule is C.C.C.CC.CC.CC.CC.CC.CC.CC.CC.CC.CC.CCN(CC)Cc1cccc2c1-c1ccccc1C2.c1ccc2c(c1)Cc1ccccc1C21c2ccccc2-c2ccccc21.c1ccc2c(c1)Cc1ccccc1C21c2ccccc2-c2ccccc21. The Morgan fingerprint density at radius 2 is 0.447 bits per heavy atom. The first-order chi connectivity index (χ1) is 45.1.